The normalized spacial score (nSPS) is 15.1. The molecular weight excluding hydrogens is 410 g/mol. The molecule has 33 heavy (non-hydrogen) atoms. The van der Waals surface area contributed by atoms with E-state index in [9.17, 15) is 9.90 Å². The zero-order valence-corrected chi connectivity index (χ0v) is 19.1. The number of carbonyl (C=O) groups is 1. The monoisotopic (exact) mass is 443 g/mol. The van der Waals surface area contributed by atoms with Gasteiger partial charge in [-0.15, -0.1) is 0 Å². The van der Waals surface area contributed by atoms with Crippen LogP contribution in [0.1, 0.15) is 52.6 Å². The van der Waals surface area contributed by atoms with Gasteiger partial charge < -0.3 is 10.0 Å². The van der Waals surface area contributed by atoms with Gasteiger partial charge in [-0.05, 0) is 49.1 Å². The predicted molar refractivity (Wildman–Crippen MR) is 132 cm³/mol. The summed E-state index contributed by atoms with van der Waals surface area (Å²) in [7, 11) is 0. The van der Waals surface area contributed by atoms with Crippen molar-refractivity contribution in [2.45, 2.75) is 31.7 Å². The Balaban J connectivity index is 1.23. The molecule has 0 aliphatic carbocycles. The minimum atomic E-state index is -0.0466. The van der Waals surface area contributed by atoms with Crippen molar-refractivity contribution in [1.29, 1.82) is 0 Å². The Morgan fingerprint density at radius 2 is 1.45 bits per heavy atom. The summed E-state index contributed by atoms with van der Waals surface area (Å²) in [5, 5.41) is 9.57. The molecule has 4 rings (SSSR count). The number of aryl methyl sites for hydroxylation is 1. The molecule has 1 aliphatic heterocycles. The summed E-state index contributed by atoms with van der Waals surface area (Å²) in [6, 6.07) is 25.3. The van der Waals surface area contributed by atoms with Gasteiger partial charge in [0, 0.05) is 31.9 Å². The van der Waals surface area contributed by atoms with Crippen LogP contribution in [-0.4, -0.2) is 58.9 Å². The molecule has 5 nitrogen and oxygen atoms in total. The number of aromatic nitrogens is 1. The van der Waals surface area contributed by atoms with Gasteiger partial charge in [0.1, 0.15) is 11.4 Å². The summed E-state index contributed by atoms with van der Waals surface area (Å²) in [4.78, 5) is 20.3. The Morgan fingerprint density at radius 1 is 0.818 bits per heavy atom. The summed E-state index contributed by atoms with van der Waals surface area (Å²) >= 11 is 0. The lowest BCUT2D eigenvalue weighted by molar-refractivity contribution is 0.108. The van der Waals surface area contributed by atoms with E-state index in [0.29, 0.717) is 12.3 Å². The van der Waals surface area contributed by atoms with Crippen LogP contribution < -0.4 is 0 Å². The predicted octanol–water partition coefficient (Wildman–Crippen LogP) is 4.72. The number of carbonyl (C=O) groups excluding carboxylic acids is 1. The van der Waals surface area contributed by atoms with E-state index in [4.69, 9.17) is 0 Å². The Bertz CT molecular complexity index is 963. The smallest absolute Gasteiger partial charge is 0.172 e. The maximum absolute atomic E-state index is 10.9. The van der Waals surface area contributed by atoms with E-state index in [1.807, 2.05) is 0 Å². The summed E-state index contributed by atoms with van der Waals surface area (Å²) in [5.74, 6) is -0.0466. The molecule has 2 heterocycles. The molecule has 0 spiro atoms. The summed E-state index contributed by atoms with van der Waals surface area (Å²) < 4.78 is 0. The first-order valence-corrected chi connectivity index (χ1v) is 11.9. The lowest BCUT2D eigenvalue weighted by atomic mass is 9.96. The van der Waals surface area contributed by atoms with E-state index in [1.165, 1.54) is 17.5 Å². The van der Waals surface area contributed by atoms with Crippen LogP contribution in [0.4, 0.5) is 0 Å². The average Bonchev–Trinajstić information content (AvgIpc) is 2.87. The Hall–Kier alpha value is -3.02. The second kappa shape index (κ2) is 11.7. The van der Waals surface area contributed by atoms with Crippen LogP contribution in [0.3, 0.4) is 0 Å². The standard InChI is InChI=1S/C28H33N3O2/c32-22-26-27(33)16-15-25(29-26)14-8-3-9-17-30-18-20-31(21-19-30)28(23-10-4-1-5-11-23)24-12-6-2-7-13-24/h1-2,4-7,10-13,15-16,22,28,33H,3,8-9,14,17-21H2. The van der Waals surface area contributed by atoms with Crippen LogP contribution in [0, 0.1) is 0 Å². The van der Waals surface area contributed by atoms with Gasteiger partial charge in [0.25, 0.3) is 0 Å². The molecule has 1 saturated heterocycles. The molecule has 0 bridgehead atoms. The largest absolute Gasteiger partial charge is 0.506 e. The molecule has 3 aromatic rings. The van der Waals surface area contributed by atoms with Crippen molar-refractivity contribution in [2.75, 3.05) is 32.7 Å². The topological polar surface area (TPSA) is 56.7 Å². The average molecular weight is 444 g/mol. The molecule has 2 aromatic carbocycles. The molecule has 1 fully saturated rings. The fourth-order valence-corrected chi connectivity index (χ4v) is 4.68. The summed E-state index contributed by atoms with van der Waals surface area (Å²) in [5.41, 5.74) is 3.72. The van der Waals surface area contributed by atoms with Crippen molar-refractivity contribution in [1.82, 2.24) is 14.8 Å². The van der Waals surface area contributed by atoms with Crippen molar-refractivity contribution in [2.24, 2.45) is 0 Å². The molecule has 0 radical (unpaired) electrons. The van der Waals surface area contributed by atoms with Crippen LogP contribution in [0.2, 0.25) is 0 Å². The molecule has 0 saturated carbocycles. The number of benzene rings is 2. The number of aldehydes is 1. The highest BCUT2D eigenvalue weighted by Gasteiger charge is 2.26. The van der Waals surface area contributed by atoms with Gasteiger partial charge in [0.2, 0.25) is 0 Å². The minimum Gasteiger partial charge on any atom is -0.506 e. The zero-order valence-electron chi connectivity index (χ0n) is 19.1. The lowest BCUT2D eigenvalue weighted by Gasteiger charge is -2.39. The number of rotatable bonds is 10. The fraction of sp³-hybridized carbons (Fsp3) is 0.357. The number of aromatic hydroxyl groups is 1. The molecule has 0 unspecified atom stereocenters. The minimum absolute atomic E-state index is 0.0466. The van der Waals surface area contributed by atoms with Crippen LogP contribution in [-0.2, 0) is 6.42 Å². The van der Waals surface area contributed by atoms with E-state index >= 15 is 0 Å². The Morgan fingerprint density at radius 3 is 2.06 bits per heavy atom. The van der Waals surface area contributed by atoms with Crippen molar-refractivity contribution < 1.29 is 9.90 Å². The van der Waals surface area contributed by atoms with Crippen molar-refractivity contribution >= 4 is 6.29 Å². The second-order valence-electron chi connectivity index (χ2n) is 8.74. The fourth-order valence-electron chi connectivity index (χ4n) is 4.68. The summed E-state index contributed by atoms with van der Waals surface area (Å²) in [6.07, 6.45) is 4.79. The molecule has 1 aromatic heterocycles. The third-order valence-electron chi connectivity index (χ3n) is 6.48. The lowest BCUT2D eigenvalue weighted by Crippen LogP contribution is -2.48. The van der Waals surface area contributed by atoms with Gasteiger partial charge in [0.15, 0.2) is 6.29 Å². The zero-order chi connectivity index (χ0) is 22.9. The van der Waals surface area contributed by atoms with E-state index in [0.717, 1.165) is 57.7 Å². The number of hydrogen-bond donors (Lipinski definition) is 1. The third-order valence-corrected chi connectivity index (χ3v) is 6.48. The molecule has 1 aliphatic rings. The highest BCUT2D eigenvalue weighted by atomic mass is 16.3. The Kier molecular flexibility index (Phi) is 8.23. The molecule has 0 atom stereocenters. The summed E-state index contributed by atoms with van der Waals surface area (Å²) in [6.45, 7) is 5.45. The first-order chi connectivity index (χ1) is 16.2. The van der Waals surface area contributed by atoms with Crippen LogP contribution in [0.25, 0.3) is 0 Å². The van der Waals surface area contributed by atoms with Gasteiger partial charge in [-0.3, -0.25) is 9.69 Å². The van der Waals surface area contributed by atoms with Gasteiger partial charge in [-0.2, -0.15) is 0 Å². The highest BCUT2D eigenvalue weighted by Crippen LogP contribution is 2.29. The first-order valence-electron chi connectivity index (χ1n) is 11.9. The van der Waals surface area contributed by atoms with Gasteiger partial charge in [-0.25, -0.2) is 4.98 Å². The van der Waals surface area contributed by atoms with E-state index in [1.54, 1.807) is 12.1 Å². The third kappa shape index (κ3) is 6.28. The molecule has 5 heteroatoms. The number of piperazine rings is 1. The number of unbranched alkanes of at least 4 members (excludes halogenated alkanes) is 2. The Labute approximate surface area is 196 Å². The highest BCUT2D eigenvalue weighted by molar-refractivity contribution is 5.75. The van der Waals surface area contributed by atoms with Crippen LogP contribution in [0.15, 0.2) is 72.8 Å². The van der Waals surface area contributed by atoms with Crippen LogP contribution in [0.5, 0.6) is 5.75 Å². The van der Waals surface area contributed by atoms with Gasteiger partial charge in [-0.1, -0.05) is 67.1 Å². The SMILES string of the molecule is O=Cc1nc(CCCCCN2CCN(C(c3ccccc3)c3ccccc3)CC2)ccc1O. The van der Waals surface area contributed by atoms with Crippen LogP contribution >= 0.6 is 0 Å². The van der Waals surface area contributed by atoms with Crippen molar-refractivity contribution in [3.8, 4) is 5.75 Å². The van der Waals surface area contributed by atoms with E-state index in [2.05, 4.69) is 75.4 Å². The quantitative estimate of drug-likeness (QED) is 0.363. The van der Waals surface area contributed by atoms with Gasteiger partial charge in [0.05, 0.1) is 6.04 Å². The van der Waals surface area contributed by atoms with Gasteiger partial charge >= 0.3 is 0 Å². The number of hydrogen-bond acceptors (Lipinski definition) is 5. The first kappa shape index (κ1) is 23.1. The van der Waals surface area contributed by atoms with E-state index in [-0.39, 0.29) is 11.4 Å². The second-order valence-corrected chi connectivity index (χ2v) is 8.74. The molecular formula is C28H33N3O2. The van der Waals surface area contributed by atoms with E-state index < -0.39 is 0 Å². The maximum Gasteiger partial charge on any atom is 0.172 e. The maximum atomic E-state index is 10.9. The molecule has 0 amide bonds. The number of nitrogens with zero attached hydrogens (tertiary/aromatic N) is 3. The van der Waals surface area contributed by atoms with Crippen molar-refractivity contribution in [3.63, 3.8) is 0 Å². The molecule has 1 N–H and O–H groups in total. The number of pyridine rings is 1. The molecule has 172 valence electrons. The van der Waals surface area contributed by atoms with Crippen molar-refractivity contribution in [3.05, 3.63) is 95.3 Å².